The molecular weight excluding hydrogens is 385 g/mol. The van der Waals surface area contributed by atoms with Gasteiger partial charge in [0, 0.05) is 37.6 Å². The van der Waals surface area contributed by atoms with E-state index in [-0.39, 0.29) is 42.3 Å². The fraction of sp³-hybridized carbons (Fsp3) is 0.611. The Morgan fingerprint density at radius 2 is 1.93 bits per heavy atom. The van der Waals surface area contributed by atoms with Crippen molar-refractivity contribution in [3.05, 3.63) is 29.8 Å². The summed E-state index contributed by atoms with van der Waals surface area (Å²) in [5.41, 5.74) is 4.91. The first kappa shape index (κ1) is 23.5. The molecule has 1 aromatic rings. The van der Waals surface area contributed by atoms with Crippen molar-refractivity contribution in [1.82, 2.24) is 4.90 Å². The van der Waals surface area contributed by atoms with Crippen LogP contribution in [0.15, 0.2) is 24.3 Å². The number of carbonyl (C=O) groups excluding carboxylic acids is 1. The molecule has 2 rings (SSSR count). The first-order chi connectivity index (χ1) is 11.9. The molecule has 0 bridgehead atoms. The number of hydrogen-bond donors (Lipinski definition) is 1. The molecule has 1 aliphatic rings. The fourth-order valence-electron chi connectivity index (χ4n) is 3.32. The minimum atomic E-state index is -4.80. The molecule has 27 heavy (non-hydrogen) atoms. The molecule has 0 aliphatic heterocycles. The van der Waals surface area contributed by atoms with Crippen molar-refractivity contribution >= 4 is 18.3 Å². The maximum atomic E-state index is 12.9. The summed E-state index contributed by atoms with van der Waals surface area (Å²) in [4.78, 5) is 14.2. The van der Waals surface area contributed by atoms with Crippen LogP contribution < -0.4 is 10.5 Å². The summed E-state index contributed by atoms with van der Waals surface area (Å²) in [5, 5.41) is 0. The zero-order valence-corrected chi connectivity index (χ0v) is 16.6. The number of carbonyl (C=O) groups is 1. The summed E-state index contributed by atoms with van der Waals surface area (Å²) in [7, 11) is 1.52. The largest absolute Gasteiger partial charge is 0.573 e. The molecule has 0 heterocycles. The van der Waals surface area contributed by atoms with Crippen LogP contribution in [0.1, 0.15) is 32.8 Å². The third kappa shape index (κ3) is 4.67. The highest BCUT2D eigenvalue weighted by Crippen LogP contribution is 2.50. The van der Waals surface area contributed by atoms with E-state index < -0.39 is 17.3 Å². The molecule has 2 N–H and O–H groups in total. The van der Waals surface area contributed by atoms with Gasteiger partial charge >= 0.3 is 6.36 Å². The van der Waals surface area contributed by atoms with E-state index in [2.05, 4.69) is 4.74 Å². The molecule has 0 radical (unpaired) electrons. The van der Waals surface area contributed by atoms with Crippen LogP contribution in [0.5, 0.6) is 5.75 Å². The molecule has 9 heteroatoms. The summed E-state index contributed by atoms with van der Waals surface area (Å²) in [6.45, 7) is 6.08. The second-order valence-corrected chi connectivity index (χ2v) is 7.16. The zero-order chi connectivity index (χ0) is 19.8. The summed E-state index contributed by atoms with van der Waals surface area (Å²) < 4.78 is 47.3. The average molecular weight is 411 g/mol. The number of rotatable bonds is 6. The van der Waals surface area contributed by atoms with Crippen LogP contribution in [0.2, 0.25) is 0 Å². The van der Waals surface area contributed by atoms with Crippen molar-refractivity contribution < 1.29 is 27.4 Å². The van der Waals surface area contributed by atoms with Crippen LogP contribution in [-0.4, -0.2) is 42.5 Å². The predicted octanol–water partition coefficient (Wildman–Crippen LogP) is 3.50. The number of halogens is 4. The highest BCUT2D eigenvalue weighted by Gasteiger charge is 2.63. The third-order valence-corrected chi connectivity index (χ3v) is 5.16. The molecule has 1 aliphatic carbocycles. The zero-order valence-electron chi connectivity index (χ0n) is 15.8. The summed E-state index contributed by atoms with van der Waals surface area (Å²) in [6, 6.07) is 5.74. The van der Waals surface area contributed by atoms with Gasteiger partial charge in [-0.1, -0.05) is 32.0 Å². The highest BCUT2D eigenvalue weighted by molar-refractivity contribution is 5.88. The SMILES string of the molecule is CCOC1CC(N)(C(=O)N(C)Cc2ccccc2OC(F)(F)F)C1(C)C.Cl. The summed E-state index contributed by atoms with van der Waals surface area (Å²) in [5.74, 6) is -0.661. The standard InChI is InChI=1S/C18H25F3N2O3.ClH/c1-5-25-14-10-17(22,16(14,2)3)15(24)23(4)11-12-8-6-7-9-13(12)26-18(19,20)21;/h6-9,14H,5,10-11,22H2,1-4H3;1H. The molecular formula is C18H26ClF3N2O3. The number of likely N-dealkylation sites (N-methyl/N-ethyl adjacent to an activating group) is 1. The summed E-state index contributed by atoms with van der Waals surface area (Å²) in [6.07, 6.45) is -4.55. The predicted molar refractivity (Wildman–Crippen MR) is 97.6 cm³/mol. The lowest BCUT2D eigenvalue weighted by Gasteiger charge is -2.58. The number of ether oxygens (including phenoxy) is 2. The van der Waals surface area contributed by atoms with Gasteiger partial charge in [0.1, 0.15) is 11.3 Å². The molecule has 1 aromatic carbocycles. The van der Waals surface area contributed by atoms with E-state index >= 15 is 0 Å². The van der Waals surface area contributed by atoms with Crippen molar-refractivity contribution in [3.63, 3.8) is 0 Å². The van der Waals surface area contributed by atoms with Crippen molar-refractivity contribution in [2.45, 2.75) is 51.7 Å². The van der Waals surface area contributed by atoms with Crippen LogP contribution in [-0.2, 0) is 16.1 Å². The Morgan fingerprint density at radius 1 is 1.33 bits per heavy atom. The molecule has 1 saturated carbocycles. The monoisotopic (exact) mass is 410 g/mol. The van der Waals surface area contributed by atoms with Crippen molar-refractivity contribution in [2.24, 2.45) is 11.1 Å². The molecule has 0 saturated heterocycles. The number of hydrogen-bond acceptors (Lipinski definition) is 4. The lowest BCUT2D eigenvalue weighted by molar-refractivity contribution is -0.275. The number of nitrogens with zero attached hydrogens (tertiary/aromatic N) is 1. The van der Waals surface area contributed by atoms with Crippen LogP contribution >= 0.6 is 12.4 Å². The van der Waals surface area contributed by atoms with Crippen molar-refractivity contribution in [2.75, 3.05) is 13.7 Å². The Kier molecular flexibility index (Phi) is 7.18. The van der Waals surface area contributed by atoms with Gasteiger partial charge in [0.25, 0.3) is 0 Å². The number of para-hydroxylation sites is 1. The van der Waals surface area contributed by atoms with Gasteiger partial charge in [-0.2, -0.15) is 0 Å². The number of benzene rings is 1. The second kappa shape index (κ2) is 8.24. The van der Waals surface area contributed by atoms with Gasteiger partial charge in [-0.05, 0) is 13.0 Å². The first-order valence-corrected chi connectivity index (χ1v) is 8.42. The molecule has 154 valence electrons. The van der Waals surface area contributed by atoms with Gasteiger partial charge in [0.05, 0.1) is 6.10 Å². The molecule has 0 aromatic heterocycles. The smallest absolute Gasteiger partial charge is 0.405 e. The van der Waals surface area contributed by atoms with E-state index in [0.717, 1.165) is 0 Å². The maximum absolute atomic E-state index is 12.9. The number of amides is 1. The van der Waals surface area contributed by atoms with E-state index in [1.165, 1.54) is 30.1 Å². The highest BCUT2D eigenvalue weighted by atomic mass is 35.5. The Hall–Kier alpha value is -1.51. The Bertz CT molecular complexity index is 669. The van der Waals surface area contributed by atoms with E-state index in [4.69, 9.17) is 10.5 Å². The van der Waals surface area contributed by atoms with Crippen molar-refractivity contribution in [3.8, 4) is 5.75 Å². The second-order valence-electron chi connectivity index (χ2n) is 7.16. The molecule has 1 amide bonds. The van der Waals surface area contributed by atoms with Crippen LogP contribution in [0.4, 0.5) is 13.2 Å². The lowest BCUT2D eigenvalue weighted by Crippen LogP contribution is -2.75. The minimum absolute atomic E-state index is 0. The van der Waals surface area contributed by atoms with Gasteiger partial charge in [0.2, 0.25) is 5.91 Å². The van der Waals surface area contributed by atoms with Crippen LogP contribution in [0.25, 0.3) is 0 Å². The van der Waals surface area contributed by atoms with Crippen molar-refractivity contribution in [1.29, 1.82) is 0 Å². The minimum Gasteiger partial charge on any atom is -0.405 e. The van der Waals surface area contributed by atoms with Gasteiger partial charge in [0.15, 0.2) is 0 Å². The quantitative estimate of drug-likeness (QED) is 0.779. The number of nitrogens with two attached hydrogens (primary N) is 1. The van der Waals surface area contributed by atoms with E-state index in [1.807, 2.05) is 20.8 Å². The van der Waals surface area contributed by atoms with E-state index in [1.54, 1.807) is 6.07 Å². The summed E-state index contributed by atoms with van der Waals surface area (Å²) >= 11 is 0. The Labute approximate surface area is 163 Å². The fourth-order valence-corrected chi connectivity index (χ4v) is 3.32. The Morgan fingerprint density at radius 3 is 2.44 bits per heavy atom. The van der Waals surface area contributed by atoms with Gasteiger partial charge in [-0.25, -0.2) is 0 Å². The Balaban J connectivity index is 0.00000364. The van der Waals surface area contributed by atoms with E-state index in [9.17, 15) is 18.0 Å². The van der Waals surface area contributed by atoms with Crippen LogP contribution in [0, 0.1) is 5.41 Å². The van der Waals surface area contributed by atoms with E-state index in [0.29, 0.717) is 13.0 Å². The van der Waals surface area contributed by atoms with Gasteiger partial charge in [-0.3, -0.25) is 4.79 Å². The normalized spacial score (nSPS) is 23.8. The topological polar surface area (TPSA) is 64.8 Å². The first-order valence-electron chi connectivity index (χ1n) is 8.42. The average Bonchev–Trinajstić information content (AvgIpc) is 2.54. The lowest BCUT2D eigenvalue weighted by atomic mass is 9.54. The molecule has 0 spiro atoms. The van der Waals surface area contributed by atoms with Gasteiger partial charge < -0.3 is 20.1 Å². The molecule has 5 nitrogen and oxygen atoms in total. The molecule has 2 unspecified atom stereocenters. The number of alkyl halides is 3. The van der Waals surface area contributed by atoms with Gasteiger partial charge in [-0.15, -0.1) is 25.6 Å². The molecule has 1 fully saturated rings. The maximum Gasteiger partial charge on any atom is 0.573 e. The third-order valence-electron chi connectivity index (χ3n) is 5.16. The van der Waals surface area contributed by atoms with Crippen LogP contribution in [0.3, 0.4) is 0 Å². The molecule has 2 atom stereocenters.